The van der Waals surface area contributed by atoms with Crippen molar-refractivity contribution in [2.24, 2.45) is 17.8 Å². The lowest BCUT2D eigenvalue weighted by Gasteiger charge is -2.50. The van der Waals surface area contributed by atoms with E-state index in [1.807, 2.05) is 18.2 Å². The Labute approximate surface area is 212 Å². The van der Waals surface area contributed by atoms with Gasteiger partial charge in [0.1, 0.15) is 35.1 Å². The van der Waals surface area contributed by atoms with Crippen LogP contribution in [-0.2, 0) is 0 Å². The summed E-state index contributed by atoms with van der Waals surface area (Å²) in [7, 11) is 0. The summed E-state index contributed by atoms with van der Waals surface area (Å²) in [6.07, 6.45) is 9.06. The van der Waals surface area contributed by atoms with E-state index in [1.165, 1.54) is 12.8 Å². The van der Waals surface area contributed by atoms with Crippen molar-refractivity contribution in [2.45, 2.75) is 51.5 Å². The van der Waals surface area contributed by atoms with E-state index in [4.69, 9.17) is 25.8 Å². The van der Waals surface area contributed by atoms with Crippen LogP contribution in [0.15, 0.2) is 30.3 Å². The van der Waals surface area contributed by atoms with E-state index in [0.717, 1.165) is 24.8 Å². The summed E-state index contributed by atoms with van der Waals surface area (Å²) in [6, 6.07) is 11.3. The predicted octanol–water partition coefficient (Wildman–Crippen LogP) is 5.20. The maximum atomic E-state index is 9.86. The van der Waals surface area contributed by atoms with Gasteiger partial charge in [-0.1, -0.05) is 26.0 Å². The molecule has 2 unspecified atom stereocenters. The third-order valence-corrected chi connectivity index (χ3v) is 7.16. The Balaban J connectivity index is 1.64. The maximum Gasteiger partial charge on any atom is 0.174 e. The first kappa shape index (κ1) is 25.3. The van der Waals surface area contributed by atoms with Crippen LogP contribution in [0.2, 0.25) is 0 Å². The monoisotopic (exact) mass is 486 g/mol. The van der Waals surface area contributed by atoms with Crippen molar-refractivity contribution >= 4 is 29.1 Å². The van der Waals surface area contributed by atoms with Crippen LogP contribution >= 0.6 is 0 Å². The SMILES string of the molecule is CC1CC2CC(C)CC(Nc3nc(Nc4ccc(/C=C/CO)c(OCC#N)c4)cc(N)c3C#N)(C1)C2. The van der Waals surface area contributed by atoms with E-state index in [9.17, 15) is 5.26 Å². The molecule has 0 saturated heterocycles. The van der Waals surface area contributed by atoms with Gasteiger partial charge in [-0.3, -0.25) is 0 Å². The van der Waals surface area contributed by atoms with Crippen molar-refractivity contribution in [3.05, 3.63) is 41.5 Å². The summed E-state index contributed by atoms with van der Waals surface area (Å²) in [6.45, 7) is 4.44. The number of aromatic nitrogens is 1. The molecule has 0 aliphatic heterocycles. The normalized spacial score (nSPS) is 25.1. The number of nitrogens with two attached hydrogens (primary N) is 1. The van der Waals surface area contributed by atoms with Crippen molar-refractivity contribution in [2.75, 3.05) is 29.6 Å². The molecule has 2 fully saturated rings. The van der Waals surface area contributed by atoms with Gasteiger partial charge in [-0.15, -0.1) is 0 Å². The van der Waals surface area contributed by atoms with Gasteiger partial charge < -0.3 is 26.2 Å². The summed E-state index contributed by atoms with van der Waals surface area (Å²) in [5.41, 5.74) is 8.40. The number of nitrogens with zero attached hydrogens (tertiary/aromatic N) is 3. The largest absolute Gasteiger partial charge is 0.478 e. The first-order valence-electron chi connectivity index (χ1n) is 12.5. The molecule has 0 amide bonds. The van der Waals surface area contributed by atoms with E-state index in [1.54, 1.807) is 24.3 Å². The lowest BCUT2D eigenvalue weighted by molar-refractivity contribution is 0.0971. The lowest BCUT2D eigenvalue weighted by Crippen LogP contribution is -2.50. The molecule has 1 aromatic heterocycles. The highest BCUT2D eigenvalue weighted by molar-refractivity contribution is 5.74. The average Bonchev–Trinajstić information content (AvgIpc) is 2.80. The van der Waals surface area contributed by atoms with Crippen LogP contribution in [0.5, 0.6) is 5.75 Å². The number of hydrogen-bond donors (Lipinski definition) is 4. The number of anilines is 4. The van der Waals surface area contributed by atoms with Gasteiger partial charge in [-0.05, 0) is 62.0 Å². The first-order chi connectivity index (χ1) is 17.3. The Hall–Kier alpha value is -3.75. The Bertz CT molecular complexity index is 1190. The van der Waals surface area contributed by atoms with Crippen LogP contribution in [-0.4, -0.2) is 28.8 Å². The number of rotatable bonds is 8. The molecule has 1 heterocycles. The molecule has 0 radical (unpaired) electrons. The minimum atomic E-state index is -0.0977. The number of fused-ring (bicyclic) bond motifs is 2. The topological polar surface area (TPSA) is 140 Å². The van der Waals surface area contributed by atoms with Gasteiger partial charge in [0.25, 0.3) is 0 Å². The molecular weight excluding hydrogens is 452 g/mol. The standard InChI is InChI=1S/C28H34N6O2/c1-18-10-20-11-19(2)15-28(14-18,16-20)34-27-23(17-30)24(31)13-26(33-27)32-22-6-5-21(4-3-8-35)25(12-22)36-9-7-29/h3-6,12-13,18-20,35H,8-11,14-16H2,1-2H3,(H4,31,32,33,34)/b4-3+. The number of nitrogens with one attached hydrogen (secondary N) is 2. The van der Waals surface area contributed by atoms with Crippen LogP contribution in [0.25, 0.3) is 6.08 Å². The second-order valence-electron chi connectivity index (χ2n) is 10.4. The van der Waals surface area contributed by atoms with E-state index >= 15 is 0 Å². The molecule has 2 bridgehead atoms. The highest BCUT2D eigenvalue weighted by atomic mass is 16.5. The van der Waals surface area contributed by atoms with E-state index in [2.05, 4.69) is 30.6 Å². The summed E-state index contributed by atoms with van der Waals surface area (Å²) in [5, 5.41) is 34.9. The number of benzene rings is 1. The molecule has 0 spiro atoms. The Kier molecular flexibility index (Phi) is 7.67. The molecule has 36 heavy (non-hydrogen) atoms. The zero-order chi connectivity index (χ0) is 25.7. The molecular formula is C28H34N6O2. The fraction of sp³-hybridized carbons (Fsp3) is 0.464. The van der Waals surface area contributed by atoms with E-state index in [-0.39, 0.29) is 18.8 Å². The minimum Gasteiger partial charge on any atom is -0.478 e. The number of ether oxygens (including phenoxy) is 1. The Morgan fingerprint density at radius 2 is 1.94 bits per heavy atom. The molecule has 8 heteroatoms. The van der Waals surface area contributed by atoms with Gasteiger partial charge in [-0.25, -0.2) is 4.98 Å². The Morgan fingerprint density at radius 1 is 1.19 bits per heavy atom. The van der Waals surface area contributed by atoms with Crippen molar-refractivity contribution in [1.82, 2.24) is 4.98 Å². The zero-order valence-electron chi connectivity index (χ0n) is 20.9. The number of hydrogen-bond acceptors (Lipinski definition) is 8. The van der Waals surface area contributed by atoms with Crippen LogP contribution in [0, 0.1) is 40.4 Å². The molecule has 2 saturated carbocycles. The number of aliphatic hydroxyl groups excluding tert-OH is 1. The Morgan fingerprint density at radius 3 is 2.61 bits per heavy atom. The van der Waals surface area contributed by atoms with Crippen molar-refractivity contribution in [3.63, 3.8) is 0 Å². The van der Waals surface area contributed by atoms with Gasteiger partial charge in [0.15, 0.2) is 6.61 Å². The van der Waals surface area contributed by atoms with Crippen LogP contribution in [0.4, 0.5) is 23.0 Å². The summed E-state index contributed by atoms with van der Waals surface area (Å²) < 4.78 is 5.58. The number of nitriles is 2. The van der Waals surface area contributed by atoms with Crippen LogP contribution < -0.4 is 21.1 Å². The van der Waals surface area contributed by atoms with E-state index in [0.29, 0.717) is 52.1 Å². The smallest absolute Gasteiger partial charge is 0.174 e. The van der Waals surface area contributed by atoms with Crippen LogP contribution in [0.3, 0.4) is 0 Å². The first-order valence-corrected chi connectivity index (χ1v) is 12.5. The molecule has 1 aromatic carbocycles. The highest BCUT2D eigenvalue weighted by Gasteiger charge is 2.44. The van der Waals surface area contributed by atoms with E-state index < -0.39 is 0 Å². The minimum absolute atomic E-state index is 0.0807. The zero-order valence-corrected chi connectivity index (χ0v) is 20.9. The second-order valence-corrected chi connectivity index (χ2v) is 10.4. The molecule has 2 aliphatic rings. The average molecular weight is 487 g/mol. The summed E-state index contributed by atoms with van der Waals surface area (Å²) >= 11 is 0. The molecule has 8 nitrogen and oxygen atoms in total. The summed E-state index contributed by atoms with van der Waals surface area (Å²) in [5.74, 6) is 3.48. The highest BCUT2D eigenvalue weighted by Crippen LogP contribution is 2.49. The molecule has 2 aliphatic carbocycles. The number of nitrogen functional groups attached to an aromatic ring is 1. The van der Waals surface area contributed by atoms with Gasteiger partial charge >= 0.3 is 0 Å². The van der Waals surface area contributed by atoms with Crippen LogP contribution in [0.1, 0.15) is 57.1 Å². The van der Waals surface area contributed by atoms with Gasteiger partial charge in [0.05, 0.1) is 12.3 Å². The number of aliphatic hydroxyl groups is 1. The molecule has 2 aromatic rings. The molecule has 2 atom stereocenters. The molecule has 4 rings (SSSR count). The predicted molar refractivity (Wildman–Crippen MR) is 142 cm³/mol. The fourth-order valence-corrected chi connectivity index (χ4v) is 6.26. The van der Waals surface area contributed by atoms with Gasteiger partial charge in [0, 0.05) is 28.9 Å². The maximum absolute atomic E-state index is 9.86. The van der Waals surface area contributed by atoms with Crippen molar-refractivity contribution < 1.29 is 9.84 Å². The van der Waals surface area contributed by atoms with Gasteiger partial charge in [-0.2, -0.15) is 10.5 Å². The second kappa shape index (κ2) is 10.9. The quantitative estimate of drug-likeness (QED) is 0.399. The van der Waals surface area contributed by atoms with Crippen molar-refractivity contribution in [3.8, 4) is 17.9 Å². The lowest BCUT2D eigenvalue weighted by atomic mass is 9.61. The third-order valence-electron chi connectivity index (χ3n) is 7.16. The fourth-order valence-electron chi connectivity index (χ4n) is 6.26. The molecule has 5 N–H and O–H groups in total. The third kappa shape index (κ3) is 5.72. The van der Waals surface area contributed by atoms with Gasteiger partial charge in [0.2, 0.25) is 0 Å². The summed E-state index contributed by atoms with van der Waals surface area (Å²) in [4.78, 5) is 4.78. The molecule has 188 valence electrons. The number of pyridine rings is 1. The van der Waals surface area contributed by atoms with Crippen molar-refractivity contribution in [1.29, 1.82) is 10.5 Å².